The molecular formula is C12H18N2O2S. The topological polar surface area (TPSA) is 51.2 Å². The Morgan fingerprint density at radius 2 is 2.47 bits per heavy atom. The number of hydrogen-bond donors (Lipinski definition) is 1. The molecule has 0 aliphatic rings. The Kier molecular flexibility index (Phi) is 5.86. The van der Waals surface area contributed by atoms with Gasteiger partial charge in [0, 0.05) is 23.7 Å². The highest BCUT2D eigenvalue weighted by Crippen LogP contribution is 2.18. The van der Waals surface area contributed by atoms with Gasteiger partial charge >= 0.3 is 5.97 Å². The molecule has 4 nitrogen and oxygen atoms in total. The molecular weight excluding hydrogens is 236 g/mol. The average molecular weight is 254 g/mol. The van der Waals surface area contributed by atoms with Crippen molar-refractivity contribution in [2.75, 3.05) is 13.2 Å². The second kappa shape index (κ2) is 7.19. The van der Waals surface area contributed by atoms with Gasteiger partial charge in [0.2, 0.25) is 0 Å². The van der Waals surface area contributed by atoms with Crippen LogP contribution in [0.3, 0.4) is 0 Å². The molecule has 1 aromatic heterocycles. The summed E-state index contributed by atoms with van der Waals surface area (Å²) in [7, 11) is 0. The van der Waals surface area contributed by atoms with Crippen LogP contribution in [0.15, 0.2) is 18.3 Å². The molecule has 0 saturated carbocycles. The van der Waals surface area contributed by atoms with Crippen molar-refractivity contribution < 1.29 is 9.53 Å². The maximum atomic E-state index is 11.0. The smallest absolute Gasteiger partial charge is 0.330 e. The third kappa shape index (κ3) is 5.10. The molecule has 0 aromatic carbocycles. The van der Waals surface area contributed by atoms with Gasteiger partial charge in [-0.15, -0.1) is 11.3 Å². The van der Waals surface area contributed by atoms with Crippen LogP contribution in [0, 0.1) is 6.92 Å². The van der Waals surface area contributed by atoms with Crippen molar-refractivity contribution in [3.63, 3.8) is 0 Å². The molecule has 0 aliphatic carbocycles. The Morgan fingerprint density at radius 1 is 1.71 bits per heavy atom. The van der Waals surface area contributed by atoms with Crippen molar-refractivity contribution in [2.45, 2.75) is 26.8 Å². The van der Waals surface area contributed by atoms with Gasteiger partial charge in [0.05, 0.1) is 12.6 Å². The van der Waals surface area contributed by atoms with Gasteiger partial charge in [0.15, 0.2) is 0 Å². The number of nitrogens with zero attached hydrogens (tertiary/aromatic N) is 1. The third-order valence-corrected chi connectivity index (χ3v) is 3.19. The number of nitrogens with one attached hydrogen (secondary N) is 1. The first-order chi connectivity index (χ1) is 8.13. The lowest BCUT2D eigenvalue weighted by atomic mass is 10.3. The van der Waals surface area contributed by atoms with Crippen molar-refractivity contribution in [2.24, 2.45) is 0 Å². The second-order valence-corrected chi connectivity index (χ2v) is 4.86. The summed E-state index contributed by atoms with van der Waals surface area (Å²) >= 11 is 1.68. The standard InChI is InChI=1S/C12H18N2O2S/c1-4-16-11(15)6-5-7-13-10(3)12-14-8-9(2)17-12/h5-6,8,10,13H,4,7H2,1-3H3/b6-5+. The molecule has 0 aliphatic heterocycles. The summed E-state index contributed by atoms with van der Waals surface area (Å²) < 4.78 is 4.77. The van der Waals surface area contributed by atoms with Crippen LogP contribution in [0.4, 0.5) is 0 Å². The molecule has 1 heterocycles. The van der Waals surface area contributed by atoms with Gasteiger partial charge in [0.25, 0.3) is 0 Å². The van der Waals surface area contributed by atoms with Crippen LogP contribution in [0.2, 0.25) is 0 Å². The zero-order valence-corrected chi connectivity index (χ0v) is 11.2. The van der Waals surface area contributed by atoms with Crippen LogP contribution in [0.25, 0.3) is 0 Å². The number of ether oxygens (including phenoxy) is 1. The lowest BCUT2D eigenvalue weighted by Gasteiger charge is -2.08. The van der Waals surface area contributed by atoms with Crippen molar-refractivity contribution in [1.82, 2.24) is 10.3 Å². The van der Waals surface area contributed by atoms with E-state index >= 15 is 0 Å². The number of aromatic nitrogens is 1. The van der Waals surface area contributed by atoms with Crippen molar-refractivity contribution in [3.05, 3.63) is 28.2 Å². The van der Waals surface area contributed by atoms with E-state index in [2.05, 4.69) is 17.2 Å². The molecule has 0 saturated heterocycles. The molecule has 0 radical (unpaired) electrons. The Bertz CT molecular complexity index is 388. The van der Waals surface area contributed by atoms with Crippen molar-refractivity contribution in [1.29, 1.82) is 0 Å². The number of carbonyl (C=O) groups excluding carboxylic acids is 1. The summed E-state index contributed by atoms with van der Waals surface area (Å²) in [6.45, 7) is 6.91. The quantitative estimate of drug-likeness (QED) is 0.624. The summed E-state index contributed by atoms with van der Waals surface area (Å²) in [6, 6.07) is 0.195. The van der Waals surface area contributed by atoms with Gasteiger partial charge in [-0.3, -0.25) is 0 Å². The highest BCUT2D eigenvalue weighted by atomic mass is 32.1. The maximum Gasteiger partial charge on any atom is 0.330 e. The van der Waals surface area contributed by atoms with Gasteiger partial charge in [-0.2, -0.15) is 0 Å². The van der Waals surface area contributed by atoms with Gasteiger partial charge in [-0.25, -0.2) is 9.78 Å². The molecule has 5 heteroatoms. The minimum absolute atomic E-state index is 0.195. The highest BCUT2D eigenvalue weighted by Gasteiger charge is 2.07. The largest absolute Gasteiger partial charge is 0.463 e. The SMILES string of the molecule is CCOC(=O)/C=C/CNC(C)c1ncc(C)s1. The number of carbonyl (C=O) groups is 1. The summed E-state index contributed by atoms with van der Waals surface area (Å²) in [6.07, 6.45) is 5.07. The molecule has 1 aromatic rings. The summed E-state index contributed by atoms with van der Waals surface area (Å²) in [5.74, 6) is -0.299. The van der Waals surface area contributed by atoms with Gasteiger partial charge < -0.3 is 10.1 Å². The zero-order valence-electron chi connectivity index (χ0n) is 10.4. The predicted molar refractivity (Wildman–Crippen MR) is 69.0 cm³/mol. The van der Waals surface area contributed by atoms with E-state index in [0.717, 1.165) is 5.01 Å². The molecule has 0 amide bonds. The zero-order chi connectivity index (χ0) is 12.7. The Labute approximate surface area is 106 Å². The number of thiazole rings is 1. The lowest BCUT2D eigenvalue weighted by molar-refractivity contribution is -0.137. The van der Waals surface area contributed by atoms with Crippen LogP contribution in [-0.4, -0.2) is 24.1 Å². The first-order valence-electron chi connectivity index (χ1n) is 5.62. The Morgan fingerprint density at radius 3 is 3.06 bits per heavy atom. The minimum atomic E-state index is -0.299. The molecule has 0 spiro atoms. The number of rotatable bonds is 6. The van der Waals surface area contributed by atoms with Crippen molar-refractivity contribution in [3.8, 4) is 0 Å². The van der Waals surface area contributed by atoms with E-state index in [0.29, 0.717) is 13.2 Å². The Hall–Kier alpha value is -1.20. The Balaban J connectivity index is 2.29. The van der Waals surface area contributed by atoms with E-state index in [9.17, 15) is 4.79 Å². The van der Waals surface area contributed by atoms with Crippen LogP contribution >= 0.6 is 11.3 Å². The molecule has 1 atom stereocenters. The molecule has 0 bridgehead atoms. The van der Waals surface area contributed by atoms with Crippen molar-refractivity contribution >= 4 is 17.3 Å². The monoisotopic (exact) mass is 254 g/mol. The summed E-state index contributed by atoms with van der Waals surface area (Å²) in [5.41, 5.74) is 0. The maximum absolute atomic E-state index is 11.0. The fraction of sp³-hybridized carbons (Fsp3) is 0.500. The summed E-state index contributed by atoms with van der Waals surface area (Å²) in [4.78, 5) is 16.5. The third-order valence-electron chi connectivity index (χ3n) is 2.09. The fourth-order valence-corrected chi connectivity index (χ4v) is 2.05. The number of hydrogen-bond acceptors (Lipinski definition) is 5. The van der Waals surface area contributed by atoms with Crippen LogP contribution in [0.1, 0.15) is 29.8 Å². The van der Waals surface area contributed by atoms with E-state index < -0.39 is 0 Å². The molecule has 94 valence electrons. The lowest BCUT2D eigenvalue weighted by Crippen LogP contribution is -2.18. The first-order valence-corrected chi connectivity index (χ1v) is 6.44. The highest BCUT2D eigenvalue weighted by molar-refractivity contribution is 7.11. The van der Waals surface area contributed by atoms with Gasteiger partial charge in [-0.1, -0.05) is 6.08 Å². The van der Waals surface area contributed by atoms with Crippen LogP contribution in [0.5, 0.6) is 0 Å². The van der Waals surface area contributed by atoms with E-state index in [-0.39, 0.29) is 12.0 Å². The van der Waals surface area contributed by atoms with Gasteiger partial charge in [-0.05, 0) is 20.8 Å². The molecule has 1 N–H and O–H groups in total. The number of esters is 1. The first kappa shape index (κ1) is 13.9. The average Bonchev–Trinajstić information content (AvgIpc) is 2.71. The minimum Gasteiger partial charge on any atom is -0.463 e. The molecule has 17 heavy (non-hydrogen) atoms. The predicted octanol–water partition coefficient (Wildman–Crippen LogP) is 2.22. The van der Waals surface area contributed by atoms with Gasteiger partial charge in [0.1, 0.15) is 5.01 Å². The normalized spacial score (nSPS) is 12.9. The summed E-state index contributed by atoms with van der Waals surface area (Å²) in [5, 5.41) is 4.33. The number of aryl methyl sites for hydroxylation is 1. The molecule has 0 fully saturated rings. The van der Waals surface area contributed by atoms with Crippen LogP contribution < -0.4 is 5.32 Å². The van der Waals surface area contributed by atoms with E-state index in [4.69, 9.17) is 4.74 Å². The molecule has 1 rings (SSSR count). The molecule has 1 unspecified atom stereocenters. The van der Waals surface area contributed by atoms with Crippen LogP contribution in [-0.2, 0) is 9.53 Å². The second-order valence-electron chi connectivity index (χ2n) is 3.59. The van der Waals surface area contributed by atoms with E-state index in [1.807, 2.05) is 13.1 Å². The van der Waals surface area contributed by atoms with E-state index in [1.165, 1.54) is 11.0 Å². The fourth-order valence-electron chi connectivity index (χ4n) is 1.25. The van der Waals surface area contributed by atoms with E-state index in [1.54, 1.807) is 24.3 Å².